The lowest BCUT2D eigenvalue weighted by Gasteiger charge is -2.10. The first kappa shape index (κ1) is 20.6. The Morgan fingerprint density at radius 1 is 0.724 bits per heavy atom. The molecule has 0 aliphatic rings. The van der Waals surface area contributed by atoms with Crippen molar-refractivity contribution in [2.24, 2.45) is 0 Å². The average Bonchev–Trinajstić information content (AvgIpc) is 2.79. The van der Waals surface area contributed by atoms with Gasteiger partial charge in [0.1, 0.15) is 23.8 Å². The van der Waals surface area contributed by atoms with Gasteiger partial charge in [0.05, 0.1) is 20.8 Å². The first-order valence-electron chi connectivity index (χ1n) is 10.0. The van der Waals surface area contributed by atoms with Crippen LogP contribution in [0.4, 0.5) is 0 Å². The SMILES string of the molecule is COc1cc(OC)cc(OCCCCCC[n+]2ccc(-c3ccncc3)cc2)c1. The molecule has 3 rings (SSSR count). The Balaban J connectivity index is 1.33. The molecule has 2 aromatic heterocycles. The summed E-state index contributed by atoms with van der Waals surface area (Å²) in [4.78, 5) is 4.07. The van der Waals surface area contributed by atoms with Gasteiger partial charge in [0.15, 0.2) is 12.4 Å². The lowest BCUT2D eigenvalue weighted by molar-refractivity contribution is -0.697. The number of nitrogens with zero attached hydrogens (tertiary/aromatic N) is 2. The first-order valence-corrected chi connectivity index (χ1v) is 10.0. The quantitative estimate of drug-likeness (QED) is 0.350. The van der Waals surface area contributed by atoms with Gasteiger partial charge >= 0.3 is 0 Å². The molecule has 0 fully saturated rings. The van der Waals surface area contributed by atoms with Crippen LogP contribution in [-0.4, -0.2) is 25.8 Å². The Hall–Kier alpha value is -3.08. The largest absolute Gasteiger partial charge is 0.496 e. The van der Waals surface area contributed by atoms with E-state index in [1.807, 2.05) is 42.7 Å². The van der Waals surface area contributed by atoms with E-state index < -0.39 is 0 Å². The molecule has 0 unspecified atom stereocenters. The van der Waals surface area contributed by atoms with E-state index in [0.29, 0.717) is 6.61 Å². The fourth-order valence-electron chi connectivity index (χ4n) is 3.15. The fourth-order valence-corrected chi connectivity index (χ4v) is 3.15. The Bertz CT molecular complexity index is 845. The van der Waals surface area contributed by atoms with E-state index in [2.05, 4.69) is 34.1 Å². The third-order valence-corrected chi connectivity index (χ3v) is 4.81. The van der Waals surface area contributed by atoms with E-state index in [1.54, 1.807) is 14.2 Å². The minimum Gasteiger partial charge on any atom is -0.496 e. The Kier molecular flexibility index (Phi) is 7.87. The second-order valence-electron chi connectivity index (χ2n) is 6.87. The van der Waals surface area contributed by atoms with Gasteiger partial charge in [-0.3, -0.25) is 4.98 Å². The molecule has 1 aromatic carbocycles. The molecular weight excluding hydrogens is 364 g/mol. The van der Waals surface area contributed by atoms with Crippen LogP contribution in [0, 0.1) is 0 Å². The van der Waals surface area contributed by atoms with Crippen LogP contribution in [0.1, 0.15) is 25.7 Å². The zero-order valence-electron chi connectivity index (χ0n) is 17.2. The molecule has 0 atom stereocenters. The highest BCUT2D eigenvalue weighted by Gasteiger charge is 2.04. The van der Waals surface area contributed by atoms with Crippen molar-refractivity contribution in [2.75, 3.05) is 20.8 Å². The molecule has 0 bridgehead atoms. The molecule has 0 saturated carbocycles. The molecule has 29 heavy (non-hydrogen) atoms. The Morgan fingerprint density at radius 2 is 1.31 bits per heavy atom. The minimum absolute atomic E-state index is 0.699. The number of ether oxygens (including phenoxy) is 3. The number of aryl methyl sites for hydroxylation is 1. The lowest BCUT2D eigenvalue weighted by Crippen LogP contribution is -2.32. The summed E-state index contributed by atoms with van der Waals surface area (Å²) in [5.74, 6) is 2.27. The third kappa shape index (κ3) is 6.49. The van der Waals surface area contributed by atoms with Gasteiger partial charge in [-0.15, -0.1) is 0 Å². The van der Waals surface area contributed by atoms with Crippen LogP contribution in [0.25, 0.3) is 11.1 Å². The topological polar surface area (TPSA) is 44.5 Å². The van der Waals surface area contributed by atoms with Crippen LogP contribution in [-0.2, 0) is 6.54 Å². The van der Waals surface area contributed by atoms with Crippen molar-refractivity contribution < 1.29 is 18.8 Å². The standard InChI is InChI=1S/C24H29N2O3/c1-27-22-17-23(28-2)19-24(18-22)29-16-6-4-3-5-13-26-14-9-21(10-15-26)20-7-11-25-12-8-20/h7-12,14-15,17-19H,3-6,13,16H2,1-2H3/q+1. The van der Waals surface area contributed by atoms with Crippen LogP contribution in [0.3, 0.4) is 0 Å². The van der Waals surface area contributed by atoms with Gasteiger partial charge in [0.25, 0.3) is 0 Å². The van der Waals surface area contributed by atoms with Gasteiger partial charge in [-0.2, -0.15) is 0 Å². The van der Waals surface area contributed by atoms with Crippen molar-refractivity contribution in [3.63, 3.8) is 0 Å². The van der Waals surface area contributed by atoms with Crippen molar-refractivity contribution in [1.29, 1.82) is 0 Å². The van der Waals surface area contributed by atoms with Gasteiger partial charge in [0.2, 0.25) is 0 Å². The van der Waals surface area contributed by atoms with Crippen LogP contribution < -0.4 is 18.8 Å². The molecule has 0 aliphatic heterocycles. The number of pyridine rings is 2. The van der Waals surface area contributed by atoms with Crippen molar-refractivity contribution >= 4 is 0 Å². The predicted molar refractivity (Wildman–Crippen MR) is 113 cm³/mol. The summed E-state index contributed by atoms with van der Waals surface area (Å²) in [7, 11) is 3.28. The number of hydrogen-bond acceptors (Lipinski definition) is 4. The smallest absolute Gasteiger partial charge is 0.169 e. The van der Waals surface area contributed by atoms with Crippen molar-refractivity contribution in [1.82, 2.24) is 4.98 Å². The fraction of sp³-hybridized carbons (Fsp3) is 0.333. The summed E-state index contributed by atoms with van der Waals surface area (Å²) < 4.78 is 18.6. The molecule has 0 radical (unpaired) electrons. The number of rotatable bonds is 11. The number of benzene rings is 1. The van der Waals surface area contributed by atoms with Crippen LogP contribution in [0.2, 0.25) is 0 Å². The normalized spacial score (nSPS) is 10.6. The molecule has 0 spiro atoms. The number of unbranched alkanes of at least 4 members (excludes halogenated alkanes) is 3. The molecule has 0 saturated heterocycles. The van der Waals surface area contributed by atoms with E-state index in [9.17, 15) is 0 Å². The number of methoxy groups -OCH3 is 2. The second kappa shape index (κ2) is 11.1. The molecule has 0 amide bonds. The average molecular weight is 394 g/mol. The minimum atomic E-state index is 0.699. The number of aromatic nitrogens is 2. The van der Waals surface area contributed by atoms with E-state index in [-0.39, 0.29) is 0 Å². The van der Waals surface area contributed by atoms with Gasteiger partial charge in [-0.05, 0) is 42.5 Å². The predicted octanol–water partition coefficient (Wildman–Crippen LogP) is 4.69. The zero-order chi connectivity index (χ0) is 20.3. The summed E-state index contributed by atoms with van der Waals surface area (Å²) in [5, 5.41) is 0. The summed E-state index contributed by atoms with van der Waals surface area (Å²) in [6.45, 7) is 1.73. The van der Waals surface area contributed by atoms with E-state index >= 15 is 0 Å². The molecule has 0 aliphatic carbocycles. The van der Waals surface area contributed by atoms with Crippen molar-refractivity contribution in [3.05, 3.63) is 67.3 Å². The van der Waals surface area contributed by atoms with Gasteiger partial charge in [0, 0.05) is 49.1 Å². The third-order valence-electron chi connectivity index (χ3n) is 4.81. The molecule has 152 valence electrons. The summed E-state index contributed by atoms with van der Waals surface area (Å²) in [6, 6.07) is 14.0. The van der Waals surface area contributed by atoms with Crippen LogP contribution in [0.15, 0.2) is 67.3 Å². The van der Waals surface area contributed by atoms with Gasteiger partial charge in [-0.1, -0.05) is 0 Å². The lowest BCUT2D eigenvalue weighted by atomic mass is 10.1. The highest BCUT2D eigenvalue weighted by molar-refractivity contribution is 5.61. The Morgan fingerprint density at radius 3 is 1.97 bits per heavy atom. The zero-order valence-corrected chi connectivity index (χ0v) is 17.2. The molecule has 5 nitrogen and oxygen atoms in total. The molecule has 5 heteroatoms. The monoisotopic (exact) mass is 393 g/mol. The maximum absolute atomic E-state index is 5.84. The first-order chi connectivity index (χ1) is 14.3. The summed E-state index contributed by atoms with van der Waals surface area (Å²) >= 11 is 0. The summed E-state index contributed by atoms with van der Waals surface area (Å²) in [6.07, 6.45) is 12.5. The molecule has 3 aromatic rings. The highest BCUT2D eigenvalue weighted by atomic mass is 16.5. The van der Waals surface area contributed by atoms with E-state index in [1.165, 1.54) is 17.5 Å². The number of hydrogen-bond donors (Lipinski definition) is 0. The van der Waals surface area contributed by atoms with Gasteiger partial charge < -0.3 is 14.2 Å². The molecule has 2 heterocycles. The highest BCUT2D eigenvalue weighted by Crippen LogP contribution is 2.27. The van der Waals surface area contributed by atoms with Crippen LogP contribution in [0.5, 0.6) is 17.2 Å². The van der Waals surface area contributed by atoms with Crippen molar-refractivity contribution in [2.45, 2.75) is 32.2 Å². The van der Waals surface area contributed by atoms with Crippen molar-refractivity contribution in [3.8, 4) is 28.4 Å². The van der Waals surface area contributed by atoms with Gasteiger partial charge in [-0.25, -0.2) is 4.57 Å². The van der Waals surface area contributed by atoms with E-state index in [4.69, 9.17) is 14.2 Å². The molecule has 0 N–H and O–H groups in total. The maximum Gasteiger partial charge on any atom is 0.169 e. The Labute approximate surface area is 172 Å². The molecular formula is C24H29N2O3+. The summed E-state index contributed by atoms with van der Waals surface area (Å²) in [5.41, 5.74) is 2.41. The maximum atomic E-state index is 5.84. The second-order valence-corrected chi connectivity index (χ2v) is 6.87. The van der Waals surface area contributed by atoms with E-state index in [0.717, 1.165) is 43.1 Å². The van der Waals surface area contributed by atoms with Crippen LogP contribution >= 0.6 is 0 Å².